The minimum atomic E-state index is 0.547. The van der Waals surface area contributed by atoms with Gasteiger partial charge in [-0.3, -0.25) is 0 Å². The van der Waals surface area contributed by atoms with Gasteiger partial charge in [0.15, 0.2) is 5.65 Å². The van der Waals surface area contributed by atoms with Crippen molar-refractivity contribution in [2.75, 3.05) is 26.7 Å². The van der Waals surface area contributed by atoms with E-state index in [0.717, 1.165) is 30.8 Å². The molecule has 5 nitrogen and oxygen atoms in total. The SMILES string of the molecule is CN1CCC(c2nc3cccnc3n2CC2CCCN2)C1. The van der Waals surface area contributed by atoms with Gasteiger partial charge in [-0.1, -0.05) is 0 Å². The number of likely N-dealkylation sites (tertiary alicyclic amines) is 1. The summed E-state index contributed by atoms with van der Waals surface area (Å²) in [7, 11) is 2.20. The van der Waals surface area contributed by atoms with E-state index in [0.29, 0.717) is 12.0 Å². The summed E-state index contributed by atoms with van der Waals surface area (Å²) in [5.41, 5.74) is 2.09. The van der Waals surface area contributed by atoms with Crippen LogP contribution in [0.5, 0.6) is 0 Å². The van der Waals surface area contributed by atoms with E-state index in [-0.39, 0.29) is 0 Å². The van der Waals surface area contributed by atoms with E-state index >= 15 is 0 Å². The van der Waals surface area contributed by atoms with Gasteiger partial charge in [0.25, 0.3) is 0 Å². The highest BCUT2D eigenvalue weighted by Gasteiger charge is 2.28. The summed E-state index contributed by atoms with van der Waals surface area (Å²) >= 11 is 0. The van der Waals surface area contributed by atoms with Crippen LogP contribution in [0.1, 0.15) is 31.0 Å². The molecule has 2 aliphatic heterocycles. The van der Waals surface area contributed by atoms with E-state index in [9.17, 15) is 0 Å². The molecule has 2 aromatic rings. The molecule has 2 aromatic heterocycles. The topological polar surface area (TPSA) is 46.0 Å². The Hall–Kier alpha value is -1.46. The molecule has 2 unspecified atom stereocenters. The van der Waals surface area contributed by atoms with Crippen molar-refractivity contribution in [3.8, 4) is 0 Å². The fraction of sp³-hybridized carbons (Fsp3) is 0.625. The zero-order valence-electron chi connectivity index (χ0n) is 12.6. The van der Waals surface area contributed by atoms with Gasteiger partial charge >= 0.3 is 0 Å². The molecule has 4 heterocycles. The number of nitrogens with zero attached hydrogens (tertiary/aromatic N) is 4. The van der Waals surface area contributed by atoms with Crippen LogP contribution in [0.2, 0.25) is 0 Å². The van der Waals surface area contributed by atoms with Crippen molar-refractivity contribution in [2.45, 2.75) is 37.8 Å². The average molecular weight is 285 g/mol. The Kier molecular flexibility index (Phi) is 3.39. The number of pyridine rings is 1. The van der Waals surface area contributed by atoms with Gasteiger partial charge in [-0.05, 0) is 51.5 Å². The first-order chi connectivity index (χ1) is 10.3. The van der Waals surface area contributed by atoms with Crippen molar-refractivity contribution < 1.29 is 0 Å². The van der Waals surface area contributed by atoms with Crippen molar-refractivity contribution in [1.82, 2.24) is 24.8 Å². The molecule has 0 radical (unpaired) electrons. The second-order valence-corrected chi connectivity index (χ2v) is 6.47. The maximum Gasteiger partial charge on any atom is 0.160 e. The highest BCUT2D eigenvalue weighted by molar-refractivity contribution is 5.71. The molecule has 2 atom stereocenters. The van der Waals surface area contributed by atoms with Crippen LogP contribution in [0, 0.1) is 0 Å². The summed E-state index contributed by atoms with van der Waals surface area (Å²) in [5, 5.41) is 3.60. The van der Waals surface area contributed by atoms with Crippen LogP contribution < -0.4 is 5.32 Å². The summed E-state index contributed by atoms with van der Waals surface area (Å²) in [4.78, 5) is 11.9. The second kappa shape index (κ2) is 5.39. The van der Waals surface area contributed by atoms with Crippen molar-refractivity contribution in [3.05, 3.63) is 24.2 Å². The lowest BCUT2D eigenvalue weighted by molar-refractivity contribution is 0.406. The van der Waals surface area contributed by atoms with Gasteiger partial charge in [0.2, 0.25) is 0 Å². The molecule has 0 aliphatic carbocycles. The molecule has 0 spiro atoms. The van der Waals surface area contributed by atoms with Crippen LogP contribution in [0.25, 0.3) is 11.2 Å². The first-order valence-corrected chi connectivity index (χ1v) is 8.04. The summed E-state index contributed by atoms with van der Waals surface area (Å²) < 4.78 is 2.38. The van der Waals surface area contributed by atoms with Gasteiger partial charge in [-0.2, -0.15) is 0 Å². The maximum absolute atomic E-state index is 4.92. The Balaban J connectivity index is 1.73. The third-order valence-electron chi connectivity index (χ3n) is 4.86. The van der Waals surface area contributed by atoms with E-state index in [1.807, 2.05) is 12.3 Å². The smallest absolute Gasteiger partial charge is 0.160 e. The number of hydrogen-bond acceptors (Lipinski definition) is 4. The summed E-state index contributed by atoms with van der Waals surface area (Å²) in [5.74, 6) is 1.78. The van der Waals surface area contributed by atoms with Crippen LogP contribution >= 0.6 is 0 Å². The van der Waals surface area contributed by atoms with Gasteiger partial charge in [-0.25, -0.2) is 9.97 Å². The first-order valence-electron chi connectivity index (χ1n) is 8.04. The predicted molar refractivity (Wildman–Crippen MR) is 83.4 cm³/mol. The van der Waals surface area contributed by atoms with Gasteiger partial charge in [0.1, 0.15) is 11.3 Å². The van der Waals surface area contributed by atoms with Crippen LogP contribution in [0.3, 0.4) is 0 Å². The summed E-state index contributed by atoms with van der Waals surface area (Å²) in [6, 6.07) is 4.64. The number of nitrogens with one attached hydrogen (secondary N) is 1. The van der Waals surface area contributed by atoms with Crippen LogP contribution in [0.4, 0.5) is 0 Å². The number of imidazole rings is 1. The Morgan fingerprint density at radius 1 is 1.38 bits per heavy atom. The van der Waals surface area contributed by atoms with E-state index in [4.69, 9.17) is 4.98 Å². The van der Waals surface area contributed by atoms with Crippen molar-refractivity contribution in [2.24, 2.45) is 0 Å². The van der Waals surface area contributed by atoms with Crippen LogP contribution in [-0.4, -0.2) is 52.2 Å². The Bertz CT molecular complexity index is 629. The largest absolute Gasteiger partial charge is 0.312 e. The predicted octanol–water partition coefficient (Wildman–Crippen LogP) is 1.60. The lowest BCUT2D eigenvalue weighted by atomic mass is 10.1. The molecule has 2 fully saturated rings. The number of aromatic nitrogens is 3. The fourth-order valence-electron chi connectivity index (χ4n) is 3.75. The average Bonchev–Trinajstić information content (AvgIpc) is 3.20. The minimum Gasteiger partial charge on any atom is -0.312 e. The van der Waals surface area contributed by atoms with E-state index in [2.05, 4.69) is 32.9 Å². The van der Waals surface area contributed by atoms with Crippen LogP contribution in [-0.2, 0) is 6.54 Å². The van der Waals surface area contributed by atoms with Gasteiger partial charge in [-0.15, -0.1) is 0 Å². The number of hydrogen-bond donors (Lipinski definition) is 1. The van der Waals surface area contributed by atoms with E-state index in [1.165, 1.54) is 31.6 Å². The molecule has 0 aromatic carbocycles. The normalized spacial score (nSPS) is 26.9. The lowest BCUT2D eigenvalue weighted by Crippen LogP contribution is -2.28. The molecular weight excluding hydrogens is 262 g/mol. The quantitative estimate of drug-likeness (QED) is 0.930. The molecule has 5 heteroatoms. The third kappa shape index (κ3) is 2.45. The molecule has 4 rings (SSSR count). The Morgan fingerprint density at radius 2 is 2.33 bits per heavy atom. The van der Waals surface area contributed by atoms with Gasteiger partial charge in [0, 0.05) is 31.2 Å². The third-order valence-corrected chi connectivity index (χ3v) is 4.86. The molecule has 2 saturated heterocycles. The Labute approximate surface area is 125 Å². The molecule has 0 saturated carbocycles. The minimum absolute atomic E-state index is 0.547. The molecule has 0 bridgehead atoms. The zero-order chi connectivity index (χ0) is 14.2. The molecule has 1 N–H and O–H groups in total. The van der Waals surface area contributed by atoms with Crippen molar-refractivity contribution in [1.29, 1.82) is 0 Å². The van der Waals surface area contributed by atoms with Crippen LogP contribution in [0.15, 0.2) is 18.3 Å². The first kappa shape index (κ1) is 13.2. The number of likely N-dealkylation sites (N-methyl/N-ethyl adjacent to an activating group) is 1. The van der Waals surface area contributed by atoms with E-state index in [1.54, 1.807) is 0 Å². The second-order valence-electron chi connectivity index (χ2n) is 6.47. The lowest BCUT2D eigenvalue weighted by Gasteiger charge is -2.17. The zero-order valence-corrected chi connectivity index (χ0v) is 12.6. The van der Waals surface area contributed by atoms with Crippen molar-refractivity contribution in [3.63, 3.8) is 0 Å². The monoisotopic (exact) mass is 285 g/mol. The Morgan fingerprint density at radius 3 is 3.10 bits per heavy atom. The number of rotatable bonds is 3. The van der Waals surface area contributed by atoms with Gasteiger partial charge in [0.05, 0.1) is 0 Å². The standard InChI is InChI=1S/C16H23N5/c1-20-9-6-12(10-20)15-19-14-5-3-8-18-16(14)21(15)11-13-4-2-7-17-13/h3,5,8,12-13,17H,2,4,6-7,9-11H2,1H3. The molecule has 2 aliphatic rings. The fourth-order valence-corrected chi connectivity index (χ4v) is 3.75. The number of fused-ring (bicyclic) bond motifs is 1. The molecule has 0 amide bonds. The summed E-state index contributed by atoms with van der Waals surface area (Å²) in [6.07, 6.45) is 5.63. The summed E-state index contributed by atoms with van der Waals surface area (Å²) in [6.45, 7) is 4.43. The molecule has 112 valence electrons. The maximum atomic E-state index is 4.92. The van der Waals surface area contributed by atoms with Gasteiger partial charge < -0.3 is 14.8 Å². The highest BCUT2D eigenvalue weighted by Crippen LogP contribution is 2.28. The molecular formula is C16H23N5. The molecule has 21 heavy (non-hydrogen) atoms. The van der Waals surface area contributed by atoms with Crippen molar-refractivity contribution >= 4 is 11.2 Å². The van der Waals surface area contributed by atoms with E-state index < -0.39 is 0 Å². The highest BCUT2D eigenvalue weighted by atomic mass is 15.2.